The summed E-state index contributed by atoms with van der Waals surface area (Å²) in [6, 6.07) is 16.9. The zero-order valence-corrected chi connectivity index (χ0v) is 21.7. The molecule has 0 bridgehead atoms. The van der Waals surface area contributed by atoms with Crippen molar-refractivity contribution in [3.8, 4) is 5.75 Å². The normalized spacial score (nSPS) is 15.5. The van der Waals surface area contributed by atoms with Crippen LogP contribution in [0.5, 0.6) is 5.75 Å². The Morgan fingerprint density at radius 3 is 2.35 bits per heavy atom. The number of carbonyl (C=O) groups is 3. The number of nitrogens with zero attached hydrogens (tertiary/aromatic N) is 1. The van der Waals surface area contributed by atoms with Crippen LogP contribution in [0.3, 0.4) is 0 Å². The number of carbonyl (C=O) groups excluding carboxylic acids is 3. The van der Waals surface area contributed by atoms with E-state index >= 15 is 0 Å². The molecule has 0 unspecified atom stereocenters. The molecule has 3 aromatic carbocycles. The van der Waals surface area contributed by atoms with Crippen LogP contribution in [-0.2, 0) is 24.4 Å². The molecular weight excluding hydrogens is 518 g/mol. The minimum absolute atomic E-state index is 0.0136. The van der Waals surface area contributed by atoms with Crippen molar-refractivity contribution in [2.24, 2.45) is 5.92 Å². The van der Waals surface area contributed by atoms with Crippen molar-refractivity contribution in [2.45, 2.75) is 25.2 Å². The van der Waals surface area contributed by atoms with Gasteiger partial charge in [0.05, 0.1) is 5.92 Å². The van der Waals surface area contributed by atoms with E-state index in [2.05, 4.69) is 0 Å². The molecule has 0 saturated carbocycles. The summed E-state index contributed by atoms with van der Waals surface area (Å²) in [6.45, 7) is 3.26. The maximum absolute atomic E-state index is 12.6. The predicted molar refractivity (Wildman–Crippen MR) is 137 cm³/mol. The second-order valence-corrected chi connectivity index (χ2v) is 10.6. The average molecular weight is 542 g/mol. The largest absolute Gasteiger partial charge is 0.457 e. The van der Waals surface area contributed by atoms with E-state index in [0.29, 0.717) is 10.7 Å². The summed E-state index contributed by atoms with van der Waals surface area (Å²) >= 11 is 6.15. The summed E-state index contributed by atoms with van der Waals surface area (Å²) in [5.41, 5.74) is 2.50. The molecule has 192 valence electrons. The van der Waals surface area contributed by atoms with Crippen LogP contribution in [0, 0.1) is 19.8 Å². The van der Waals surface area contributed by atoms with Crippen molar-refractivity contribution < 1.29 is 31.7 Å². The Morgan fingerprint density at radius 1 is 1.00 bits per heavy atom. The van der Waals surface area contributed by atoms with Gasteiger partial charge in [-0.05, 0) is 67.9 Å². The topological polar surface area (TPSA) is 107 Å². The number of ether oxygens (including phenoxy) is 1. The number of aryl methyl sites for hydroxylation is 1. The molecule has 1 heterocycles. The first-order valence-electron chi connectivity index (χ1n) is 11.4. The van der Waals surface area contributed by atoms with Crippen LogP contribution >= 0.6 is 11.6 Å². The zero-order chi connectivity index (χ0) is 26.7. The first-order chi connectivity index (χ1) is 17.5. The van der Waals surface area contributed by atoms with E-state index in [4.69, 9.17) is 20.5 Å². The van der Waals surface area contributed by atoms with Crippen molar-refractivity contribution >= 4 is 45.1 Å². The van der Waals surface area contributed by atoms with Crippen LogP contribution in [0.25, 0.3) is 0 Å². The summed E-state index contributed by atoms with van der Waals surface area (Å²) in [7, 11) is -4.02. The number of amides is 1. The fraction of sp³-hybridized carbons (Fsp3) is 0.222. The Balaban J connectivity index is 1.33. The van der Waals surface area contributed by atoms with Crippen LogP contribution in [-0.4, -0.2) is 39.2 Å². The smallest absolute Gasteiger partial charge is 0.339 e. The number of Topliss-reactive ketones (excluding diaryl/α,β-unsaturated/α-hetero) is 1. The number of anilines is 1. The number of esters is 1. The Kier molecular flexibility index (Phi) is 7.65. The highest BCUT2D eigenvalue weighted by Crippen LogP contribution is 2.32. The molecule has 8 nitrogen and oxygen atoms in total. The van der Waals surface area contributed by atoms with Crippen LogP contribution in [0.4, 0.5) is 5.69 Å². The highest BCUT2D eigenvalue weighted by molar-refractivity contribution is 7.87. The van der Waals surface area contributed by atoms with Gasteiger partial charge in [0, 0.05) is 29.2 Å². The Morgan fingerprint density at radius 2 is 1.68 bits per heavy atom. The number of rotatable bonds is 8. The van der Waals surface area contributed by atoms with Gasteiger partial charge in [-0.25, -0.2) is 0 Å². The monoisotopic (exact) mass is 541 g/mol. The number of hydrogen-bond acceptors (Lipinski definition) is 7. The van der Waals surface area contributed by atoms with Gasteiger partial charge >= 0.3 is 16.1 Å². The maximum atomic E-state index is 12.6. The molecule has 1 saturated heterocycles. The van der Waals surface area contributed by atoms with Gasteiger partial charge in [-0.3, -0.25) is 14.4 Å². The van der Waals surface area contributed by atoms with Gasteiger partial charge in [0.25, 0.3) is 0 Å². The molecule has 4 rings (SSSR count). The van der Waals surface area contributed by atoms with Crippen molar-refractivity contribution in [3.05, 3.63) is 88.4 Å². The van der Waals surface area contributed by atoms with Gasteiger partial charge in [-0.15, -0.1) is 0 Å². The van der Waals surface area contributed by atoms with Gasteiger partial charge in [-0.2, -0.15) is 8.42 Å². The summed E-state index contributed by atoms with van der Waals surface area (Å²) in [4.78, 5) is 39.1. The molecule has 0 aliphatic carbocycles. The van der Waals surface area contributed by atoms with Crippen LogP contribution in [0.1, 0.15) is 27.9 Å². The van der Waals surface area contributed by atoms with Gasteiger partial charge in [0.1, 0.15) is 10.6 Å². The SMILES string of the molecule is Cc1ccc(S(=O)(=O)Oc2ccc(C(=O)COC(=O)[C@@H]3CC(=O)N(c4cccc(Cl)c4C)C3)cc2)cc1. The molecule has 0 aromatic heterocycles. The minimum Gasteiger partial charge on any atom is -0.457 e. The molecule has 0 radical (unpaired) electrons. The standard InChI is InChI=1S/C27H24ClNO7S/c1-17-6-12-22(13-7-17)37(33,34)36-21-10-8-19(9-11-21)25(30)16-35-27(32)20-14-26(31)29(15-20)24-5-3-4-23(28)18(24)2/h3-13,20H,14-16H2,1-2H3/t20-/m1/s1. The third kappa shape index (κ3) is 6.00. The third-order valence-corrected chi connectivity index (χ3v) is 7.70. The van der Waals surface area contributed by atoms with Crippen LogP contribution in [0.2, 0.25) is 5.02 Å². The highest BCUT2D eigenvalue weighted by atomic mass is 35.5. The van der Waals surface area contributed by atoms with Crippen molar-refractivity contribution in [1.82, 2.24) is 0 Å². The molecule has 1 amide bonds. The molecule has 3 aromatic rings. The van der Waals surface area contributed by atoms with E-state index < -0.39 is 34.4 Å². The fourth-order valence-electron chi connectivity index (χ4n) is 3.90. The lowest BCUT2D eigenvalue weighted by atomic mass is 10.1. The lowest BCUT2D eigenvalue weighted by Gasteiger charge is -2.19. The molecule has 1 aliphatic rings. The van der Waals surface area contributed by atoms with E-state index in [-0.39, 0.29) is 35.1 Å². The zero-order valence-electron chi connectivity index (χ0n) is 20.1. The molecular formula is C27H24ClNO7S. The van der Waals surface area contributed by atoms with Crippen LogP contribution in [0.15, 0.2) is 71.6 Å². The van der Waals surface area contributed by atoms with Crippen molar-refractivity contribution in [1.29, 1.82) is 0 Å². The van der Waals surface area contributed by atoms with E-state index in [1.54, 1.807) is 37.3 Å². The van der Waals surface area contributed by atoms with Crippen molar-refractivity contribution in [2.75, 3.05) is 18.1 Å². The van der Waals surface area contributed by atoms with Gasteiger partial charge in [0.2, 0.25) is 5.91 Å². The van der Waals surface area contributed by atoms with E-state index in [1.807, 2.05) is 6.92 Å². The Hall–Kier alpha value is -3.69. The number of ketones is 1. The van der Waals surface area contributed by atoms with E-state index in [9.17, 15) is 22.8 Å². The fourth-order valence-corrected chi connectivity index (χ4v) is 5.00. The lowest BCUT2D eigenvalue weighted by Crippen LogP contribution is -2.27. The Labute approximate surface area is 219 Å². The lowest BCUT2D eigenvalue weighted by molar-refractivity contribution is -0.147. The summed E-state index contributed by atoms with van der Waals surface area (Å²) in [5.74, 6) is -2.02. The minimum atomic E-state index is -4.02. The summed E-state index contributed by atoms with van der Waals surface area (Å²) in [6.07, 6.45) is -0.0273. The first-order valence-corrected chi connectivity index (χ1v) is 13.2. The molecule has 37 heavy (non-hydrogen) atoms. The molecule has 0 N–H and O–H groups in total. The van der Waals surface area contributed by atoms with E-state index in [0.717, 1.165) is 11.1 Å². The number of benzene rings is 3. The van der Waals surface area contributed by atoms with Crippen molar-refractivity contribution in [3.63, 3.8) is 0 Å². The summed E-state index contributed by atoms with van der Waals surface area (Å²) < 4.78 is 35.2. The third-order valence-electron chi connectivity index (χ3n) is 6.03. The summed E-state index contributed by atoms with van der Waals surface area (Å²) in [5, 5.41) is 0.520. The van der Waals surface area contributed by atoms with Gasteiger partial charge < -0.3 is 13.8 Å². The molecule has 10 heteroatoms. The molecule has 1 fully saturated rings. The number of halogens is 1. The number of hydrogen-bond donors (Lipinski definition) is 0. The molecule has 0 spiro atoms. The van der Waals surface area contributed by atoms with E-state index in [1.165, 1.54) is 41.3 Å². The molecule has 1 atom stereocenters. The average Bonchev–Trinajstić information content (AvgIpc) is 3.26. The van der Waals surface area contributed by atoms with Gasteiger partial charge in [0.15, 0.2) is 12.4 Å². The second-order valence-electron chi connectivity index (χ2n) is 8.70. The molecule has 1 aliphatic heterocycles. The van der Waals surface area contributed by atoms with Crippen LogP contribution < -0.4 is 9.08 Å². The maximum Gasteiger partial charge on any atom is 0.339 e. The Bertz CT molecular complexity index is 1450. The van der Waals surface area contributed by atoms with Gasteiger partial charge in [-0.1, -0.05) is 35.4 Å². The highest BCUT2D eigenvalue weighted by Gasteiger charge is 2.37. The first kappa shape index (κ1) is 26.4. The quantitative estimate of drug-likeness (QED) is 0.235. The second kappa shape index (κ2) is 10.7. The predicted octanol–water partition coefficient (Wildman–Crippen LogP) is 4.50.